The lowest BCUT2D eigenvalue weighted by atomic mass is 10.2. The number of rotatable bonds is 5. The van der Waals surface area contributed by atoms with E-state index in [2.05, 4.69) is 5.32 Å². The molecule has 0 fully saturated rings. The Bertz CT molecular complexity index is 996. The predicted molar refractivity (Wildman–Crippen MR) is 98.3 cm³/mol. The first-order valence-corrected chi connectivity index (χ1v) is 9.96. The minimum Gasteiger partial charge on any atom is -0.324 e. The predicted octanol–water partition coefficient (Wildman–Crippen LogP) is 4.29. The van der Waals surface area contributed by atoms with Crippen molar-refractivity contribution in [1.82, 2.24) is 0 Å². The zero-order valence-electron chi connectivity index (χ0n) is 14.6. The second-order valence-corrected chi connectivity index (χ2v) is 8.13. The van der Waals surface area contributed by atoms with Crippen LogP contribution >= 0.6 is 11.6 Å². The number of alkyl halides is 3. The Morgan fingerprint density at radius 2 is 1.79 bits per heavy atom. The van der Waals surface area contributed by atoms with Gasteiger partial charge in [0.15, 0.2) is 0 Å². The largest absolute Gasteiger partial charge is 0.417 e. The standard InChI is InChI=1S/C17H15ClF4N2O3S/c1-10(24(28(2,26)27)15-6-4-3-5-14(15)19)16(25)23-11-7-8-13(18)12(9-11)17(20,21)22/h3-10H,1-2H3,(H,23,25). The minimum atomic E-state index is -4.74. The summed E-state index contributed by atoms with van der Waals surface area (Å²) in [5.74, 6) is -1.83. The summed E-state index contributed by atoms with van der Waals surface area (Å²) in [6, 6.07) is 6.19. The maximum absolute atomic E-state index is 14.1. The first-order chi connectivity index (χ1) is 12.8. The average Bonchev–Trinajstić information content (AvgIpc) is 2.56. The van der Waals surface area contributed by atoms with Gasteiger partial charge in [-0.1, -0.05) is 23.7 Å². The fourth-order valence-electron chi connectivity index (χ4n) is 2.48. The Morgan fingerprint density at radius 3 is 2.32 bits per heavy atom. The third-order valence-electron chi connectivity index (χ3n) is 3.72. The lowest BCUT2D eigenvalue weighted by Crippen LogP contribution is -2.45. The number of hydrogen-bond donors (Lipinski definition) is 1. The van der Waals surface area contributed by atoms with Crippen molar-refractivity contribution in [3.8, 4) is 0 Å². The van der Waals surface area contributed by atoms with Crippen LogP contribution in [0, 0.1) is 5.82 Å². The van der Waals surface area contributed by atoms with Gasteiger partial charge in [0, 0.05) is 5.69 Å². The number of para-hydroxylation sites is 1. The molecule has 0 heterocycles. The Kier molecular flexibility index (Phi) is 6.24. The highest BCUT2D eigenvalue weighted by Gasteiger charge is 2.34. The number of sulfonamides is 1. The molecule has 2 aromatic carbocycles. The molecule has 1 N–H and O–H groups in total. The summed E-state index contributed by atoms with van der Waals surface area (Å²) >= 11 is 5.53. The lowest BCUT2D eigenvalue weighted by molar-refractivity contribution is -0.137. The third kappa shape index (κ3) is 4.93. The number of hydrogen-bond acceptors (Lipinski definition) is 3. The van der Waals surface area contributed by atoms with Gasteiger partial charge < -0.3 is 5.32 Å². The number of nitrogens with one attached hydrogen (secondary N) is 1. The van der Waals surface area contributed by atoms with E-state index in [-0.39, 0.29) is 11.4 Å². The quantitative estimate of drug-likeness (QED) is 0.708. The van der Waals surface area contributed by atoms with Crippen LogP contribution < -0.4 is 9.62 Å². The van der Waals surface area contributed by atoms with Crippen molar-refractivity contribution in [2.75, 3.05) is 15.9 Å². The topological polar surface area (TPSA) is 66.5 Å². The van der Waals surface area contributed by atoms with Gasteiger partial charge in [0.1, 0.15) is 11.9 Å². The molecule has 0 saturated carbocycles. The molecule has 0 bridgehead atoms. The van der Waals surface area contributed by atoms with Crippen LogP contribution in [0.15, 0.2) is 42.5 Å². The molecule has 2 rings (SSSR count). The maximum Gasteiger partial charge on any atom is 0.417 e. The molecule has 0 aromatic heterocycles. The van der Waals surface area contributed by atoms with Crippen molar-refractivity contribution in [2.24, 2.45) is 0 Å². The highest BCUT2D eigenvalue weighted by molar-refractivity contribution is 7.92. The van der Waals surface area contributed by atoms with Gasteiger partial charge in [-0.3, -0.25) is 9.10 Å². The van der Waals surface area contributed by atoms with Crippen LogP contribution in [-0.2, 0) is 21.0 Å². The number of halogens is 5. The van der Waals surface area contributed by atoms with E-state index >= 15 is 0 Å². The summed E-state index contributed by atoms with van der Waals surface area (Å²) in [6.07, 6.45) is -3.96. The fourth-order valence-corrected chi connectivity index (χ4v) is 3.88. The molecule has 2 aromatic rings. The molecule has 1 unspecified atom stereocenters. The lowest BCUT2D eigenvalue weighted by Gasteiger charge is -2.28. The molecular weight excluding hydrogens is 424 g/mol. The molecule has 0 saturated heterocycles. The highest BCUT2D eigenvalue weighted by atomic mass is 35.5. The van der Waals surface area contributed by atoms with Gasteiger partial charge in [-0.05, 0) is 37.3 Å². The van der Waals surface area contributed by atoms with Gasteiger partial charge in [-0.25, -0.2) is 12.8 Å². The molecule has 152 valence electrons. The zero-order chi connectivity index (χ0) is 21.3. The number of carbonyl (C=O) groups is 1. The van der Waals surface area contributed by atoms with Crippen LogP contribution in [0.1, 0.15) is 12.5 Å². The summed E-state index contributed by atoms with van der Waals surface area (Å²) in [4.78, 5) is 12.5. The molecule has 0 aliphatic carbocycles. The normalized spacial score (nSPS) is 13.1. The van der Waals surface area contributed by atoms with Crippen molar-refractivity contribution in [3.63, 3.8) is 0 Å². The van der Waals surface area contributed by atoms with Crippen molar-refractivity contribution < 1.29 is 30.8 Å². The summed E-state index contributed by atoms with van der Waals surface area (Å²) < 4.78 is 77.7. The second-order valence-electron chi connectivity index (χ2n) is 5.87. The van der Waals surface area contributed by atoms with Gasteiger partial charge in [0.25, 0.3) is 0 Å². The van der Waals surface area contributed by atoms with E-state index in [0.717, 1.165) is 24.5 Å². The third-order valence-corrected chi connectivity index (χ3v) is 5.27. The second kappa shape index (κ2) is 7.96. The van der Waals surface area contributed by atoms with Crippen LogP contribution in [0.5, 0.6) is 0 Å². The fraction of sp³-hybridized carbons (Fsp3) is 0.235. The monoisotopic (exact) mass is 438 g/mol. The van der Waals surface area contributed by atoms with Crippen LogP contribution in [0.4, 0.5) is 28.9 Å². The average molecular weight is 439 g/mol. The SMILES string of the molecule is CC(C(=O)Nc1ccc(Cl)c(C(F)(F)F)c1)N(c1ccccc1F)S(C)(=O)=O. The van der Waals surface area contributed by atoms with Crippen LogP contribution in [0.3, 0.4) is 0 Å². The van der Waals surface area contributed by atoms with E-state index in [1.165, 1.54) is 25.1 Å². The summed E-state index contributed by atoms with van der Waals surface area (Å²) in [5, 5.41) is 1.64. The van der Waals surface area contributed by atoms with E-state index in [4.69, 9.17) is 11.6 Å². The molecule has 11 heteroatoms. The van der Waals surface area contributed by atoms with Crippen molar-refractivity contribution in [1.29, 1.82) is 0 Å². The minimum absolute atomic E-state index is 0.240. The molecule has 1 atom stereocenters. The maximum atomic E-state index is 14.1. The van der Waals surface area contributed by atoms with E-state index in [9.17, 15) is 30.8 Å². The number of anilines is 2. The zero-order valence-corrected chi connectivity index (χ0v) is 16.2. The smallest absolute Gasteiger partial charge is 0.324 e. The first-order valence-electron chi connectivity index (χ1n) is 7.74. The van der Waals surface area contributed by atoms with Crippen LogP contribution in [-0.4, -0.2) is 26.6 Å². The molecular formula is C17H15ClF4N2O3S. The highest BCUT2D eigenvalue weighted by Crippen LogP contribution is 2.36. The first kappa shape index (κ1) is 22.0. The summed E-state index contributed by atoms with van der Waals surface area (Å²) in [5.41, 5.74) is -1.76. The van der Waals surface area contributed by atoms with Crippen LogP contribution in [0.25, 0.3) is 0 Å². The van der Waals surface area contributed by atoms with Gasteiger partial charge in [0.2, 0.25) is 15.9 Å². The molecule has 28 heavy (non-hydrogen) atoms. The number of carbonyl (C=O) groups excluding carboxylic acids is 1. The van der Waals surface area contributed by atoms with E-state index < -0.39 is 44.6 Å². The van der Waals surface area contributed by atoms with E-state index in [0.29, 0.717) is 10.4 Å². The van der Waals surface area contributed by atoms with Gasteiger partial charge >= 0.3 is 6.18 Å². The molecule has 0 aliphatic heterocycles. The van der Waals surface area contributed by atoms with Crippen molar-refractivity contribution >= 4 is 38.9 Å². The molecule has 0 aliphatic rings. The van der Waals surface area contributed by atoms with E-state index in [1.54, 1.807) is 0 Å². The summed E-state index contributed by atoms with van der Waals surface area (Å²) in [7, 11) is -4.08. The Labute approximate surface area is 164 Å². The van der Waals surface area contributed by atoms with Gasteiger partial charge in [0.05, 0.1) is 22.5 Å². The number of nitrogens with zero attached hydrogens (tertiary/aromatic N) is 1. The molecule has 5 nitrogen and oxygen atoms in total. The van der Waals surface area contributed by atoms with E-state index in [1.807, 2.05) is 0 Å². The van der Waals surface area contributed by atoms with Gasteiger partial charge in [-0.15, -0.1) is 0 Å². The Balaban J connectivity index is 2.36. The van der Waals surface area contributed by atoms with Crippen molar-refractivity contribution in [2.45, 2.75) is 19.1 Å². The van der Waals surface area contributed by atoms with Crippen LogP contribution in [0.2, 0.25) is 5.02 Å². The van der Waals surface area contributed by atoms with Gasteiger partial charge in [-0.2, -0.15) is 13.2 Å². The molecule has 0 spiro atoms. The number of amides is 1. The Morgan fingerprint density at radius 1 is 1.18 bits per heavy atom. The molecule has 0 radical (unpaired) electrons. The molecule has 1 amide bonds. The van der Waals surface area contributed by atoms with Crippen molar-refractivity contribution in [3.05, 3.63) is 58.9 Å². The number of benzene rings is 2. The Hall–Kier alpha value is -2.33. The summed E-state index contributed by atoms with van der Waals surface area (Å²) in [6.45, 7) is 1.18.